The third-order valence-electron chi connectivity index (χ3n) is 4.27. The van der Waals surface area contributed by atoms with Gasteiger partial charge in [0.1, 0.15) is 0 Å². The highest BCUT2D eigenvalue weighted by atomic mass is 32.2. The first-order valence-corrected chi connectivity index (χ1v) is 9.70. The Morgan fingerprint density at radius 1 is 1.42 bits per heavy atom. The first kappa shape index (κ1) is 16.6. The fourth-order valence-electron chi connectivity index (χ4n) is 2.94. The van der Waals surface area contributed by atoms with Crippen molar-refractivity contribution in [1.82, 2.24) is 20.1 Å². The average Bonchev–Trinajstić information content (AvgIpc) is 3.10. The van der Waals surface area contributed by atoms with E-state index in [9.17, 15) is 13.2 Å². The summed E-state index contributed by atoms with van der Waals surface area (Å²) in [7, 11) is -2.98. The van der Waals surface area contributed by atoms with Gasteiger partial charge in [0.25, 0.3) is 5.91 Å². The van der Waals surface area contributed by atoms with Crippen LogP contribution in [0.15, 0.2) is 30.7 Å². The second-order valence-electron chi connectivity index (χ2n) is 6.01. The molecule has 24 heavy (non-hydrogen) atoms. The molecule has 0 spiro atoms. The molecule has 1 aliphatic heterocycles. The van der Waals surface area contributed by atoms with Gasteiger partial charge in [-0.15, -0.1) is 0 Å². The molecule has 3 heterocycles. The first-order valence-electron chi connectivity index (χ1n) is 7.88. The van der Waals surface area contributed by atoms with Gasteiger partial charge in [-0.2, -0.15) is 5.10 Å². The molecule has 3 rings (SSSR count). The van der Waals surface area contributed by atoms with E-state index in [0.717, 1.165) is 5.56 Å². The van der Waals surface area contributed by atoms with Crippen LogP contribution >= 0.6 is 0 Å². The molecule has 1 unspecified atom stereocenters. The fraction of sp³-hybridized carbons (Fsp3) is 0.438. The number of nitrogens with one attached hydrogen (secondary N) is 1. The SMILES string of the molecule is Cc1c(C(=O)NCCc2cccnc2)cnn1C1CCS(=O)(=O)C1. The molecule has 2 aromatic rings. The Morgan fingerprint density at radius 2 is 2.25 bits per heavy atom. The van der Waals surface area contributed by atoms with E-state index in [1.54, 1.807) is 24.0 Å². The molecule has 7 nitrogen and oxygen atoms in total. The molecule has 1 aliphatic rings. The smallest absolute Gasteiger partial charge is 0.254 e. The van der Waals surface area contributed by atoms with E-state index >= 15 is 0 Å². The van der Waals surface area contributed by atoms with E-state index < -0.39 is 9.84 Å². The highest BCUT2D eigenvalue weighted by Gasteiger charge is 2.31. The maximum Gasteiger partial charge on any atom is 0.254 e. The van der Waals surface area contributed by atoms with Gasteiger partial charge in [0.15, 0.2) is 9.84 Å². The van der Waals surface area contributed by atoms with Crippen molar-refractivity contribution in [3.63, 3.8) is 0 Å². The third-order valence-corrected chi connectivity index (χ3v) is 6.02. The van der Waals surface area contributed by atoms with Crippen molar-refractivity contribution < 1.29 is 13.2 Å². The van der Waals surface area contributed by atoms with Crippen LogP contribution in [0.2, 0.25) is 0 Å². The number of hydrogen-bond donors (Lipinski definition) is 1. The standard InChI is InChI=1S/C16H20N4O3S/c1-12-15(10-19-20(12)14-5-8-24(22,23)11-14)16(21)18-7-4-13-3-2-6-17-9-13/h2-3,6,9-10,14H,4-5,7-8,11H2,1H3,(H,18,21). The predicted molar refractivity (Wildman–Crippen MR) is 89.5 cm³/mol. The lowest BCUT2D eigenvalue weighted by Gasteiger charge is -2.11. The molecule has 0 bridgehead atoms. The van der Waals surface area contributed by atoms with Crippen LogP contribution in [-0.4, -0.2) is 47.1 Å². The van der Waals surface area contributed by atoms with E-state index in [4.69, 9.17) is 0 Å². The van der Waals surface area contributed by atoms with E-state index in [2.05, 4.69) is 15.4 Å². The largest absolute Gasteiger partial charge is 0.352 e. The molecule has 2 aromatic heterocycles. The lowest BCUT2D eigenvalue weighted by atomic mass is 10.2. The molecule has 1 amide bonds. The number of rotatable bonds is 5. The van der Waals surface area contributed by atoms with Crippen LogP contribution in [0.3, 0.4) is 0 Å². The predicted octanol–water partition coefficient (Wildman–Crippen LogP) is 0.919. The van der Waals surface area contributed by atoms with Crippen molar-refractivity contribution in [2.24, 2.45) is 0 Å². The topological polar surface area (TPSA) is 93.9 Å². The Balaban J connectivity index is 1.62. The van der Waals surface area contributed by atoms with Crippen molar-refractivity contribution >= 4 is 15.7 Å². The Morgan fingerprint density at radius 3 is 2.92 bits per heavy atom. The van der Waals surface area contributed by atoms with Gasteiger partial charge in [-0.1, -0.05) is 6.07 Å². The van der Waals surface area contributed by atoms with E-state index in [1.165, 1.54) is 6.20 Å². The van der Waals surface area contributed by atoms with E-state index in [1.807, 2.05) is 12.1 Å². The van der Waals surface area contributed by atoms with Gasteiger partial charge in [0.05, 0.1) is 29.3 Å². The maximum atomic E-state index is 12.3. The summed E-state index contributed by atoms with van der Waals surface area (Å²) in [5.74, 6) is 0.0878. The highest BCUT2D eigenvalue weighted by molar-refractivity contribution is 7.91. The highest BCUT2D eigenvalue weighted by Crippen LogP contribution is 2.25. The minimum Gasteiger partial charge on any atom is -0.352 e. The Bertz CT molecular complexity index is 830. The molecule has 128 valence electrons. The number of aromatic nitrogens is 3. The van der Waals surface area contributed by atoms with Crippen LogP contribution in [-0.2, 0) is 16.3 Å². The van der Waals surface area contributed by atoms with Gasteiger partial charge in [-0.3, -0.25) is 14.5 Å². The minimum atomic E-state index is -2.98. The number of carbonyl (C=O) groups is 1. The Labute approximate surface area is 141 Å². The van der Waals surface area contributed by atoms with Gasteiger partial charge in [0.2, 0.25) is 0 Å². The zero-order valence-corrected chi connectivity index (χ0v) is 14.3. The van der Waals surface area contributed by atoms with Crippen LogP contribution in [0.25, 0.3) is 0 Å². The summed E-state index contributed by atoms with van der Waals surface area (Å²) in [6, 6.07) is 3.65. The molecule has 1 N–H and O–H groups in total. The fourth-order valence-corrected chi connectivity index (χ4v) is 4.64. The molecular formula is C16H20N4O3S. The molecule has 0 radical (unpaired) electrons. The number of hydrogen-bond acceptors (Lipinski definition) is 5. The van der Waals surface area contributed by atoms with Crippen molar-refractivity contribution in [3.8, 4) is 0 Å². The Hall–Kier alpha value is -2.22. The van der Waals surface area contributed by atoms with Crippen LogP contribution in [0, 0.1) is 6.92 Å². The van der Waals surface area contributed by atoms with E-state index in [0.29, 0.717) is 30.6 Å². The van der Waals surface area contributed by atoms with E-state index in [-0.39, 0.29) is 23.5 Å². The lowest BCUT2D eigenvalue weighted by molar-refractivity contribution is 0.0953. The summed E-state index contributed by atoms with van der Waals surface area (Å²) in [5.41, 5.74) is 2.25. The first-order chi connectivity index (χ1) is 11.5. The summed E-state index contributed by atoms with van der Waals surface area (Å²) < 4.78 is 24.9. The monoisotopic (exact) mass is 348 g/mol. The maximum absolute atomic E-state index is 12.3. The van der Waals surface area contributed by atoms with Crippen molar-refractivity contribution in [3.05, 3.63) is 47.5 Å². The van der Waals surface area contributed by atoms with Gasteiger partial charge >= 0.3 is 0 Å². The van der Waals surface area contributed by atoms with Gasteiger partial charge in [0, 0.05) is 24.6 Å². The average molecular weight is 348 g/mol. The molecule has 0 saturated carbocycles. The molecular weight excluding hydrogens is 328 g/mol. The van der Waals surface area contributed by atoms with Crippen LogP contribution < -0.4 is 5.32 Å². The number of amides is 1. The second kappa shape index (κ2) is 6.72. The number of carbonyl (C=O) groups excluding carboxylic acids is 1. The van der Waals surface area contributed by atoms with Crippen molar-refractivity contribution in [2.75, 3.05) is 18.1 Å². The third kappa shape index (κ3) is 3.64. The van der Waals surface area contributed by atoms with Crippen LogP contribution in [0.5, 0.6) is 0 Å². The van der Waals surface area contributed by atoms with Gasteiger partial charge in [-0.25, -0.2) is 8.42 Å². The normalized spacial score (nSPS) is 19.3. The summed E-state index contributed by atoms with van der Waals surface area (Å²) >= 11 is 0. The zero-order chi connectivity index (χ0) is 17.2. The molecule has 8 heteroatoms. The summed E-state index contributed by atoms with van der Waals surface area (Å²) in [5, 5.41) is 7.10. The minimum absolute atomic E-state index is 0.0948. The molecule has 0 aliphatic carbocycles. The van der Waals surface area contributed by atoms with Crippen molar-refractivity contribution in [1.29, 1.82) is 0 Å². The van der Waals surface area contributed by atoms with Crippen LogP contribution in [0.1, 0.15) is 34.1 Å². The van der Waals surface area contributed by atoms with Gasteiger partial charge < -0.3 is 5.32 Å². The lowest BCUT2D eigenvalue weighted by Crippen LogP contribution is -2.26. The van der Waals surface area contributed by atoms with Crippen molar-refractivity contribution in [2.45, 2.75) is 25.8 Å². The van der Waals surface area contributed by atoms with Gasteiger partial charge in [-0.05, 0) is 31.4 Å². The number of sulfone groups is 1. The quantitative estimate of drug-likeness (QED) is 0.867. The Kier molecular flexibility index (Phi) is 4.66. The number of nitrogens with zero attached hydrogens (tertiary/aromatic N) is 3. The summed E-state index contributed by atoms with van der Waals surface area (Å²) in [6.45, 7) is 2.31. The molecule has 1 atom stereocenters. The summed E-state index contributed by atoms with van der Waals surface area (Å²) in [6.07, 6.45) is 6.25. The second-order valence-corrected chi connectivity index (χ2v) is 8.24. The molecule has 1 fully saturated rings. The van der Waals surface area contributed by atoms with Crippen LogP contribution in [0.4, 0.5) is 0 Å². The number of pyridine rings is 1. The molecule has 0 aromatic carbocycles. The summed E-state index contributed by atoms with van der Waals surface area (Å²) in [4.78, 5) is 16.4. The zero-order valence-electron chi connectivity index (χ0n) is 13.5. The molecule has 1 saturated heterocycles.